The van der Waals surface area contributed by atoms with Gasteiger partial charge in [-0.25, -0.2) is 17.8 Å². The SMILES string of the molecule is Cc1cc2c(-c3ccc[nH]c3=O)c(C(=O)CS(C)(=O)=O)n(Cc3cc4ccc(CO)cc4nc3Cl)c2cc1F. The molecule has 0 aliphatic rings. The molecule has 0 spiro atoms. The smallest absolute Gasteiger partial charge is 0.255 e. The van der Waals surface area contributed by atoms with Gasteiger partial charge in [0.25, 0.3) is 5.56 Å². The van der Waals surface area contributed by atoms with Gasteiger partial charge in [-0.3, -0.25) is 9.59 Å². The maximum atomic E-state index is 14.9. The van der Waals surface area contributed by atoms with E-state index in [0.717, 1.165) is 6.26 Å². The summed E-state index contributed by atoms with van der Waals surface area (Å²) in [5.74, 6) is -2.09. The lowest BCUT2D eigenvalue weighted by molar-refractivity contribution is 0.101. The van der Waals surface area contributed by atoms with Crippen LogP contribution in [-0.4, -0.2) is 45.9 Å². The summed E-state index contributed by atoms with van der Waals surface area (Å²) < 4.78 is 40.7. The number of aliphatic hydroxyl groups excluding tert-OH is 1. The van der Waals surface area contributed by atoms with Crippen LogP contribution in [0.3, 0.4) is 0 Å². The molecule has 8 nitrogen and oxygen atoms in total. The van der Waals surface area contributed by atoms with Crippen molar-refractivity contribution in [3.63, 3.8) is 0 Å². The Morgan fingerprint density at radius 3 is 2.64 bits per heavy atom. The second kappa shape index (κ2) is 10.0. The van der Waals surface area contributed by atoms with Crippen LogP contribution in [0.15, 0.2) is 59.5 Å². The van der Waals surface area contributed by atoms with Gasteiger partial charge in [-0.2, -0.15) is 0 Å². The fourth-order valence-corrected chi connectivity index (χ4v) is 5.56. The molecule has 0 saturated heterocycles. The van der Waals surface area contributed by atoms with Gasteiger partial charge < -0.3 is 14.7 Å². The molecule has 3 heterocycles. The highest BCUT2D eigenvalue weighted by atomic mass is 35.5. The second-order valence-corrected chi connectivity index (χ2v) is 12.0. The number of nitrogens with zero attached hydrogens (tertiary/aromatic N) is 2. The number of Topliss-reactive ketones (excluding diaryl/α,β-unsaturated/α-hetero) is 1. The third-order valence-corrected chi connectivity index (χ3v) is 7.62. The lowest BCUT2D eigenvalue weighted by Gasteiger charge is -2.14. The standard InChI is InChI=1S/C28H23ClFN3O5S/c1-15-8-20-23(11-21(15)30)33(12-18-10-17-6-5-16(13-34)9-22(17)32-27(18)29)26(24(35)14-39(2,37)38)25(20)19-4-3-7-31-28(19)36/h3-11,34H,12-14H2,1-2H3,(H,31,36). The van der Waals surface area contributed by atoms with E-state index in [1.165, 1.54) is 29.0 Å². The summed E-state index contributed by atoms with van der Waals surface area (Å²) in [7, 11) is -3.75. The predicted molar refractivity (Wildman–Crippen MR) is 149 cm³/mol. The summed E-state index contributed by atoms with van der Waals surface area (Å²) in [6, 6.07) is 12.9. The molecule has 0 aliphatic heterocycles. The first-order chi connectivity index (χ1) is 18.5. The summed E-state index contributed by atoms with van der Waals surface area (Å²) in [5.41, 5.74) is 2.10. The number of rotatable bonds is 7. The molecule has 0 atom stereocenters. The highest BCUT2D eigenvalue weighted by Gasteiger charge is 2.28. The van der Waals surface area contributed by atoms with Crippen molar-refractivity contribution in [3.8, 4) is 11.1 Å². The van der Waals surface area contributed by atoms with E-state index in [1.807, 2.05) is 0 Å². The number of aliphatic hydroxyl groups is 1. The number of carbonyl (C=O) groups excluding carboxylic acids is 1. The van der Waals surface area contributed by atoms with E-state index in [4.69, 9.17) is 11.6 Å². The largest absolute Gasteiger partial charge is 0.392 e. The monoisotopic (exact) mass is 567 g/mol. The number of halogens is 2. The number of hydrogen-bond donors (Lipinski definition) is 2. The number of fused-ring (bicyclic) bond motifs is 2. The van der Waals surface area contributed by atoms with Gasteiger partial charge in [-0.1, -0.05) is 23.7 Å². The first-order valence-electron chi connectivity index (χ1n) is 11.9. The van der Waals surface area contributed by atoms with Crippen molar-refractivity contribution >= 4 is 49.0 Å². The normalized spacial score (nSPS) is 11.9. The third-order valence-electron chi connectivity index (χ3n) is 6.51. The van der Waals surface area contributed by atoms with E-state index >= 15 is 0 Å². The summed E-state index contributed by atoms with van der Waals surface area (Å²) in [6.45, 7) is 1.34. The molecule has 3 aromatic heterocycles. The van der Waals surface area contributed by atoms with Crippen molar-refractivity contribution in [2.75, 3.05) is 12.0 Å². The van der Waals surface area contributed by atoms with Crippen LogP contribution >= 0.6 is 11.6 Å². The zero-order valence-electron chi connectivity index (χ0n) is 21.0. The van der Waals surface area contributed by atoms with E-state index < -0.39 is 32.7 Å². The summed E-state index contributed by atoms with van der Waals surface area (Å²) in [6.07, 6.45) is 2.39. The Kier molecular flexibility index (Phi) is 6.88. The molecule has 200 valence electrons. The van der Waals surface area contributed by atoms with Crippen molar-refractivity contribution in [1.82, 2.24) is 14.5 Å². The maximum Gasteiger partial charge on any atom is 0.255 e. The molecule has 5 rings (SSSR count). The molecule has 2 aromatic carbocycles. The fraction of sp³-hybridized carbons (Fsp3) is 0.179. The lowest BCUT2D eigenvalue weighted by atomic mass is 10.0. The second-order valence-electron chi connectivity index (χ2n) is 9.46. The first kappa shape index (κ1) is 26.7. The molecule has 0 fully saturated rings. The van der Waals surface area contributed by atoms with Crippen LogP contribution in [0.1, 0.15) is 27.2 Å². The van der Waals surface area contributed by atoms with Crippen molar-refractivity contribution in [2.45, 2.75) is 20.1 Å². The zero-order valence-corrected chi connectivity index (χ0v) is 22.5. The minimum Gasteiger partial charge on any atom is -0.392 e. The molecule has 2 N–H and O–H groups in total. The highest BCUT2D eigenvalue weighted by molar-refractivity contribution is 7.91. The molecule has 0 aliphatic carbocycles. The summed E-state index contributed by atoms with van der Waals surface area (Å²) in [4.78, 5) is 33.5. The fourth-order valence-electron chi connectivity index (χ4n) is 4.74. The number of carbonyl (C=O) groups is 1. The van der Waals surface area contributed by atoms with Crippen LogP contribution < -0.4 is 5.56 Å². The molecule has 0 unspecified atom stereocenters. The molecule has 0 bridgehead atoms. The van der Waals surface area contributed by atoms with Gasteiger partial charge in [0.15, 0.2) is 15.6 Å². The molecule has 0 radical (unpaired) electrons. The highest BCUT2D eigenvalue weighted by Crippen LogP contribution is 2.37. The number of nitrogens with one attached hydrogen (secondary N) is 1. The number of aryl methyl sites for hydroxylation is 1. The first-order valence-corrected chi connectivity index (χ1v) is 14.3. The van der Waals surface area contributed by atoms with Gasteiger partial charge in [0.2, 0.25) is 0 Å². The quantitative estimate of drug-likeness (QED) is 0.222. The Bertz CT molecular complexity index is 1960. The van der Waals surface area contributed by atoms with Gasteiger partial charge in [0.1, 0.15) is 16.7 Å². The van der Waals surface area contributed by atoms with Gasteiger partial charge in [-0.15, -0.1) is 0 Å². The van der Waals surface area contributed by atoms with E-state index in [-0.39, 0.29) is 35.1 Å². The molecule has 39 heavy (non-hydrogen) atoms. The Hall–Kier alpha value is -3.86. The topological polar surface area (TPSA) is 122 Å². The van der Waals surface area contributed by atoms with E-state index in [1.54, 1.807) is 37.3 Å². The van der Waals surface area contributed by atoms with E-state index in [9.17, 15) is 27.5 Å². The Labute approximate surface area is 227 Å². The molecule has 11 heteroatoms. The molecule has 5 aromatic rings. The van der Waals surface area contributed by atoms with Crippen molar-refractivity contribution in [3.05, 3.63) is 98.4 Å². The predicted octanol–water partition coefficient (Wildman–Crippen LogP) is 4.41. The zero-order chi connectivity index (χ0) is 28.1. The number of H-pyrrole nitrogens is 1. The van der Waals surface area contributed by atoms with Gasteiger partial charge in [0.05, 0.1) is 29.9 Å². The van der Waals surface area contributed by atoms with E-state index in [2.05, 4.69) is 9.97 Å². The van der Waals surface area contributed by atoms with E-state index in [0.29, 0.717) is 38.5 Å². The number of hydrogen-bond acceptors (Lipinski definition) is 6. The molecule has 0 amide bonds. The Balaban J connectivity index is 1.83. The summed E-state index contributed by atoms with van der Waals surface area (Å²) >= 11 is 6.55. The van der Waals surface area contributed by atoms with Gasteiger partial charge in [-0.05, 0) is 54.4 Å². The number of aromatic amines is 1. The third kappa shape index (κ3) is 5.10. The minimum atomic E-state index is -3.75. The lowest BCUT2D eigenvalue weighted by Crippen LogP contribution is -2.20. The molecule has 0 saturated carbocycles. The van der Waals surface area contributed by atoms with Crippen LogP contribution in [0.2, 0.25) is 5.15 Å². The Morgan fingerprint density at radius 1 is 1.18 bits per heavy atom. The van der Waals surface area contributed by atoms with Crippen molar-refractivity contribution < 1.29 is 22.7 Å². The number of benzene rings is 2. The van der Waals surface area contributed by atoms with Crippen LogP contribution in [-0.2, 0) is 23.0 Å². The number of ketones is 1. The number of sulfone groups is 1. The molecular formula is C28H23ClFN3O5S. The maximum absolute atomic E-state index is 14.9. The minimum absolute atomic E-state index is 0.0519. The number of aromatic nitrogens is 3. The summed E-state index contributed by atoms with van der Waals surface area (Å²) in [5, 5.41) is 10.7. The van der Waals surface area contributed by atoms with Crippen molar-refractivity contribution in [1.29, 1.82) is 0 Å². The van der Waals surface area contributed by atoms with Crippen LogP contribution in [0.25, 0.3) is 32.9 Å². The average molecular weight is 568 g/mol. The van der Waals surface area contributed by atoms with Crippen molar-refractivity contribution in [2.24, 2.45) is 0 Å². The van der Waals surface area contributed by atoms with Gasteiger partial charge >= 0.3 is 0 Å². The van der Waals surface area contributed by atoms with Crippen LogP contribution in [0, 0.1) is 12.7 Å². The average Bonchev–Trinajstić information content (AvgIpc) is 3.16. The van der Waals surface area contributed by atoms with Crippen LogP contribution in [0.4, 0.5) is 4.39 Å². The number of pyridine rings is 2. The van der Waals surface area contributed by atoms with Crippen LogP contribution in [0.5, 0.6) is 0 Å². The molecular weight excluding hydrogens is 545 g/mol. The Morgan fingerprint density at radius 2 is 1.95 bits per heavy atom. The van der Waals surface area contributed by atoms with Gasteiger partial charge in [0, 0.05) is 39.9 Å².